The number of benzene rings is 1. The van der Waals surface area contributed by atoms with Crippen LogP contribution in [0.4, 0.5) is 10.3 Å². The highest BCUT2D eigenvalue weighted by molar-refractivity contribution is 5.90. The molecule has 0 fully saturated rings. The summed E-state index contributed by atoms with van der Waals surface area (Å²) in [5.74, 6) is -0.672. The van der Waals surface area contributed by atoms with Crippen LogP contribution in [0.5, 0.6) is 0 Å². The van der Waals surface area contributed by atoms with Crippen LogP contribution in [0, 0.1) is 5.82 Å². The molecule has 0 N–H and O–H groups in total. The number of aromatic nitrogens is 4. The molecule has 3 heterocycles. The molecule has 0 atom stereocenters. The predicted molar refractivity (Wildman–Crippen MR) is 88.8 cm³/mol. The number of carbonyl (C=O) groups is 1. The van der Waals surface area contributed by atoms with Gasteiger partial charge in [0, 0.05) is 20.1 Å². The number of rotatable bonds is 2. The molecule has 0 amide bonds. The number of fused-ring (bicyclic) bond motifs is 2. The first-order chi connectivity index (χ1) is 12.1. The fourth-order valence-electron chi connectivity index (χ4n) is 3.07. The van der Waals surface area contributed by atoms with Gasteiger partial charge in [0.15, 0.2) is 5.65 Å². The number of methoxy groups -OCH3 is 1. The lowest BCUT2D eigenvalue weighted by Crippen LogP contribution is -2.32. The lowest BCUT2D eigenvalue weighted by Gasteiger charge is -2.29. The Balaban J connectivity index is 1.65. The third-order valence-corrected chi connectivity index (χ3v) is 4.46. The highest BCUT2D eigenvalue weighted by Crippen LogP contribution is 2.26. The molecule has 25 heavy (non-hydrogen) atoms. The van der Waals surface area contributed by atoms with Crippen LogP contribution in [0.3, 0.4) is 0 Å². The Bertz CT molecular complexity index is 985. The number of hydrogen-bond donors (Lipinski definition) is 0. The van der Waals surface area contributed by atoms with Crippen molar-refractivity contribution < 1.29 is 13.9 Å². The summed E-state index contributed by atoms with van der Waals surface area (Å²) >= 11 is 0. The normalized spacial score (nSPS) is 13.8. The first-order valence-electron chi connectivity index (χ1n) is 7.85. The lowest BCUT2D eigenvalue weighted by atomic mass is 9.97. The van der Waals surface area contributed by atoms with Gasteiger partial charge >= 0.3 is 5.97 Å². The molecule has 0 spiro atoms. The molecule has 0 aliphatic carbocycles. The van der Waals surface area contributed by atoms with Crippen molar-refractivity contribution in [2.45, 2.75) is 13.0 Å². The van der Waals surface area contributed by atoms with Crippen molar-refractivity contribution in [2.75, 3.05) is 18.6 Å². The molecule has 0 unspecified atom stereocenters. The van der Waals surface area contributed by atoms with Gasteiger partial charge in [-0.2, -0.15) is 4.98 Å². The first kappa shape index (κ1) is 15.5. The van der Waals surface area contributed by atoms with E-state index in [1.807, 2.05) is 16.5 Å². The molecule has 0 bridgehead atoms. The van der Waals surface area contributed by atoms with E-state index in [0.29, 0.717) is 31.1 Å². The van der Waals surface area contributed by atoms with Gasteiger partial charge in [-0.1, -0.05) is 0 Å². The summed E-state index contributed by atoms with van der Waals surface area (Å²) < 4.78 is 20.7. The molecule has 4 rings (SSSR count). The second kappa shape index (κ2) is 5.80. The number of nitrogens with zero attached hydrogens (tertiary/aromatic N) is 5. The van der Waals surface area contributed by atoms with Crippen molar-refractivity contribution in [3.8, 4) is 0 Å². The summed E-state index contributed by atoms with van der Waals surface area (Å²) in [5.41, 5.74) is 3.22. The monoisotopic (exact) mass is 341 g/mol. The topological polar surface area (TPSA) is 73.1 Å². The number of ether oxygens (including phenoxy) is 1. The third kappa shape index (κ3) is 2.59. The molecular formula is C17H16FN5O2. The van der Waals surface area contributed by atoms with Gasteiger partial charge in [0.25, 0.3) is 0 Å². The van der Waals surface area contributed by atoms with E-state index in [2.05, 4.69) is 19.7 Å². The van der Waals surface area contributed by atoms with Crippen molar-refractivity contribution in [3.63, 3.8) is 0 Å². The fourth-order valence-corrected chi connectivity index (χ4v) is 3.07. The number of imidazole rings is 1. The molecular weight excluding hydrogens is 325 g/mol. The van der Waals surface area contributed by atoms with E-state index in [9.17, 15) is 9.18 Å². The van der Waals surface area contributed by atoms with Crippen LogP contribution in [0.25, 0.3) is 11.2 Å². The predicted octanol–water partition coefficient (Wildman–Crippen LogP) is 1.85. The smallest absolute Gasteiger partial charge is 0.340 e. The highest BCUT2D eigenvalue weighted by Gasteiger charge is 2.23. The number of esters is 1. The van der Waals surface area contributed by atoms with Gasteiger partial charge in [0.2, 0.25) is 5.95 Å². The van der Waals surface area contributed by atoms with E-state index in [0.717, 1.165) is 16.6 Å². The summed E-state index contributed by atoms with van der Waals surface area (Å²) in [6, 6.07) is 2.98. The van der Waals surface area contributed by atoms with Gasteiger partial charge in [-0.15, -0.1) is 0 Å². The molecule has 0 saturated heterocycles. The number of carbonyl (C=O) groups excluding carboxylic acids is 1. The van der Waals surface area contributed by atoms with Crippen LogP contribution in [-0.2, 0) is 24.8 Å². The first-order valence-corrected chi connectivity index (χ1v) is 7.85. The summed E-state index contributed by atoms with van der Waals surface area (Å²) in [5, 5.41) is 0. The molecule has 8 heteroatoms. The van der Waals surface area contributed by atoms with Gasteiger partial charge in [-0.25, -0.2) is 19.2 Å². The molecule has 1 aliphatic rings. The minimum absolute atomic E-state index is 0.0270. The zero-order valence-corrected chi connectivity index (χ0v) is 13.9. The van der Waals surface area contributed by atoms with Crippen LogP contribution in [0.2, 0.25) is 0 Å². The Hall–Kier alpha value is -3.03. The van der Waals surface area contributed by atoms with Gasteiger partial charge in [-0.05, 0) is 29.7 Å². The Morgan fingerprint density at radius 3 is 2.92 bits per heavy atom. The summed E-state index contributed by atoms with van der Waals surface area (Å²) in [6.45, 7) is 1.16. The third-order valence-electron chi connectivity index (χ3n) is 4.46. The van der Waals surface area contributed by atoms with Crippen LogP contribution in [0.1, 0.15) is 21.5 Å². The van der Waals surface area contributed by atoms with Crippen molar-refractivity contribution in [3.05, 3.63) is 47.2 Å². The average Bonchev–Trinajstić information content (AvgIpc) is 3.00. The molecule has 2 aromatic heterocycles. The van der Waals surface area contributed by atoms with E-state index in [-0.39, 0.29) is 5.56 Å². The SMILES string of the molecule is COC(=O)c1cc2c(cc1F)CN(c1ncc3c(ncn3C)n1)CC2. The van der Waals surface area contributed by atoms with Crippen LogP contribution in [-0.4, -0.2) is 39.1 Å². The van der Waals surface area contributed by atoms with Crippen molar-refractivity contribution in [1.29, 1.82) is 0 Å². The van der Waals surface area contributed by atoms with Crippen molar-refractivity contribution in [2.24, 2.45) is 7.05 Å². The minimum atomic E-state index is -0.660. The Kier molecular flexibility index (Phi) is 3.60. The fraction of sp³-hybridized carbons (Fsp3) is 0.294. The maximum absolute atomic E-state index is 14.2. The summed E-state index contributed by atoms with van der Waals surface area (Å²) in [6.07, 6.45) is 4.10. The standard InChI is InChI=1S/C17H16FN5O2/c1-22-9-20-15-14(22)7-19-17(21-15)23-4-3-10-5-12(16(24)25-2)13(18)6-11(10)8-23/h5-7,9H,3-4,8H2,1-2H3. The molecule has 128 valence electrons. The van der Waals surface area contributed by atoms with Crippen molar-refractivity contribution >= 4 is 23.1 Å². The van der Waals surface area contributed by atoms with Gasteiger partial charge in [0.05, 0.1) is 25.2 Å². The molecule has 0 radical (unpaired) electrons. The van der Waals surface area contributed by atoms with E-state index in [4.69, 9.17) is 0 Å². The second-order valence-corrected chi connectivity index (χ2v) is 6.00. The van der Waals surface area contributed by atoms with Crippen LogP contribution < -0.4 is 4.90 Å². The average molecular weight is 341 g/mol. The van der Waals surface area contributed by atoms with Gasteiger partial charge in [0.1, 0.15) is 11.3 Å². The van der Waals surface area contributed by atoms with E-state index in [1.54, 1.807) is 18.6 Å². The van der Waals surface area contributed by atoms with Crippen LogP contribution >= 0.6 is 0 Å². The van der Waals surface area contributed by atoms with E-state index < -0.39 is 11.8 Å². The van der Waals surface area contributed by atoms with E-state index in [1.165, 1.54) is 13.2 Å². The maximum Gasteiger partial charge on any atom is 0.340 e. The Morgan fingerprint density at radius 2 is 2.12 bits per heavy atom. The second-order valence-electron chi connectivity index (χ2n) is 6.00. The molecule has 1 aliphatic heterocycles. The van der Waals surface area contributed by atoms with Gasteiger partial charge < -0.3 is 14.2 Å². The Morgan fingerprint density at radius 1 is 1.28 bits per heavy atom. The summed E-state index contributed by atoms with van der Waals surface area (Å²) in [4.78, 5) is 26.8. The minimum Gasteiger partial charge on any atom is -0.465 e. The quantitative estimate of drug-likeness (QED) is 0.663. The molecule has 1 aromatic carbocycles. The Labute approximate surface area is 143 Å². The number of halogens is 1. The highest BCUT2D eigenvalue weighted by atomic mass is 19.1. The summed E-state index contributed by atoms with van der Waals surface area (Å²) in [7, 11) is 3.13. The van der Waals surface area contributed by atoms with E-state index >= 15 is 0 Å². The number of aryl methyl sites for hydroxylation is 1. The molecule has 0 saturated carbocycles. The van der Waals surface area contributed by atoms with Crippen molar-refractivity contribution in [1.82, 2.24) is 19.5 Å². The zero-order chi connectivity index (χ0) is 17.6. The lowest BCUT2D eigenvalue weighted by molar-refractivity contribution is 0.0595. The number of hydrogen-bond acceptors (Lipinski definition) is 6. The molecule has 3 aromatic rings. The largest absolute Gasteiger partial charge is 0.465 e. The molecule has 7 nitrogen and oxygen atoms in total. The number of anilines is 1. The zero-order valence-electron chi connectivity index (χ0n) is 13.9. The van der Waals surface area contributed by atoms with Gasteiger partial charge in [-0.3, -0.25) is 0 Å². The maximum atomic E-state index is 14.2. The van der Waals surface area contributed by atoms with Crippen LogP contribution in [0.15, 0.2) is 24.7 Å².